The van der Waals surface area contributed by atoms with E-state index in [0.717, 1.165) is 12.1 Å². The first kappa shape index (κ1) is 15.8. The van der Waals surface area contributed by atoms with E-state index in [1.165, 1.54) is 10.9 Å². The summed E-state index contributed by atoms with van der Waals surface area (Å²) in [4.78, 5) is 15.6. The molecule has 0 amide bonds. The molecule has 0 spiro atoms. The molecule has 0 saturated heterocycles. The minimum absolute atomic E-state index is 0.200. The highest BCUT2D eigenvalue weighted by atomic mass is 32.1. The Bertz CT molecular complexity index is 613. The Balaban J connectivity index is 2.14. The monoisotopic (exact) mass is 309 g/mol. The normalized spacial score (nSPS) is 12.6. The Morgan fingerprint density at radius 3 is 2.62 bits per heavy atom. The van der Waals surface area contributed by atoms with Crippen LogP contribution in [0.25, 0.3) is 0 Å². The van der Waals surface area contributed by atoms with Gasteiger partial charge in [-0.15, -0.1) is 11.3 Å². The summed E-state index contributed by atoms with van der Waals surface area (Å²) in [6, 6.07) is 6.88. The van der Waals surface area contributed by atoms with E-state index in [4.69, 9.17) is 0 Å². The van der Waals surface area contributed by atoms with Crippen LogP contribution in [0.3, 0.4) is 0 Å². The van der Waals surface area contributed by atoms with Crippen molar-refractivity contribution >= 4 is 17.1 Å². The Morgan fingerprint density at radius 1 is 1.29 bits per heavy atom. The van der Waals surface area contributed by atoms with Crippen LogP contribution in [0.2, 0.25) is 0 Å². The first-order valence-electron chi connectivity index (χ1n) is 6.78. The van der Waals surface area contributed by atoms with E-state index < -0.39 is 11.6 Å². The number of likely N-dealkylation sites (N-methyl/N-ethyl adjacent to an activating group) is 1. The molecule has 2 aromatic rings. The van der Waals surface area contributed by atoms with Gasteiger partial charge in [-0.1, -0.05) is 13.0 Å². The van der Waals surface area contributed by atoms with E-state index in [0.29, 0.717) is 13.1 Å². The van der Waals surface area contributed by atoms with E-state index in [1.54, 1.807) is 18.3 Å². The van der Waals surface area contributed by atoms with E-state index in [-0.39, 0.29) is 17.4 Å². The standard InChI is InChI=1S/C16H17F2NOS/c1-3-19(10-13-5-4-8-21-13)11(2)16(20)12-6-7-14(17)15(18)9-12/h4-9,11H,3,10H2,1-2H3. The number of hydrogen-bond donors (Lipinski definition) is 0. The van der Waals surface area contributed by atoms with Gasteiger partial charge in [0.05, 0.1) is 6.04 Å². The fourth-order valence-electron chi connectivity index (χ4n) is 2.18. The Hall–Kier alpha value is -1.59. The molecule has 0 radical (unpaired) electrons. The molecule has 2 nitrogen and oxygen atoms in total. The van der Waals surface area contributed by atoms with Gasteiger partial charge in [-0.2, -0.15) is 0 Å². The van der Waals surface area contributed by atoms with Crippen LogP contribution >= 0.6 is 11.3 Å². The van der Waals surface area contributed by atoms with Gasteiger partial charge in [0.25, 0.3) is 0 Å². The zero-order chi connectivity index (χ0) is 15.4. The summed E-state index contributed by atoms with van der Waals surface area (Å²) < 4.78 is 26.2. The van der Waals surface area contributed by atoms with Crippen molar-refractivity contribution in [2.45, 2.75) is 26.4 Å². The molecule has 0 fully saturated rings. The number of hydrogen-bond acceptors (Lipinski definition) is 3. The van der Waals surface area contributed by atoms with Crippen LogP contribution < -0.4 is 0 Å². The van der Waals surface area contributed by atoms with Crippen molar-refractivity contribution in [3.05, 3.63) is 57.8 Å². The topological polar surface area (TPSA) is 20.3 Å². The third-order valence-corrected chi connectivity index (χ3v) is 4.34. The molecule has 5 heteroatoms. The number of carbonyl (C=O) groups excluding carboxylic acids is 1. The van der Waals surface area contributed by atoms with Gasteiger partial charge in [0.2, 0.25) is 0 Å². The van der Waals surface area contributed by atoms with Crippen molar-refractivity contribution in [2.75, 3.05) is 6.54 Å². The molecule has 1 aromatic carbocycles. The van der Waals surface area contributed by atoms with Crippen molar-refractivity contribution in [3.63, 3.8) is 0 Å². The number of carbonyl (C=O) groups is 1. The minimum atomic E-state index is -0.991. The molecular weight excluding hydrogens is 292 g/mol. The van der Waals surface area contributed by atoms with Gasteiger partial charge in [0.1, 0.15) is 0 Å². The second-order valence-corrected chi connectivity index (χ2v) is 5.84. The number of rotatable bonds is 6. The van der Waals surface area contributed by atoms with Gasteiger partial charge in [0.15, 0.2) is 17.4 Å². The molecule has 0 aliphatic carbocycles. The molecule has 0 bridgehead atoms. The smallest absolute Gasteiger partial charge is 0.179 e. The van der Waals surface area contributed by atoms with E-state index in [1.807, 2.05) is 29.3 Å². The number of thiophene rings is 1. The summed E-state index contributed by atoms with van der Waals surface area (Å²) in [5.41, 5.74) is 0.200. The molecular formula is C16H17F2NOS. The quantitative estimate of drug-likeness (QED) is 0.748. The maximum absolute atomic E-state index is 13.3. The largest absolute Gasteiger partial charge is 0.292 e. The summed E-state index contributed by atoms with van der Waals surface area (Å²) in [5.74, 6) is -2.13. The van der Waals surface area contributed by atoms with Crippen LogP contribution in [-0.2, 0) is 6.54 Å². The number of halogens is 2. The average molecular weight is 309 g/mol. The number of benzene rings is 1. The van der Waals surface area contributed by atoms with Crippen LogP contribution in [-0.4, -0.2) is 23.3 Å². The van der Waals surface area contributed by atoms with Crippen LogP contribution in [0.15, 0.2) is 35.7 Å². The highest BCUT2D eigenvalue weighted by Gasteiger charge is 2.22. The fraction of sp³-hybridized carbons (Fsp3) is 0.312. The summed E-state index contributed by atoms with van der Waals surface area (Å²) in [6.07, 6.45) is 0. The van der Waals surface area contributed by atoms with Crippen molar-refractivity contribution in [3.8, 4) is 0 Å². The predicted molar refractivity (Wildman–Crippen MR) is 80.6 cm³/mol. The minimum Gasteiger partial charge on any atom is -0.292 e. The molecule has 0 saturated carbocycles. The average Bonchev–Trinajstić information content (AvgIpc) is 2.99. The van der Waals surface area contributed by atoms with Crippen LogP contribution in [0.1, 0.15) is 29.1 Å². The number of Topliss-reactive ketones (excluding diaryl/α,β-unsaturated/α-hetero) is 1. The number of ketones is 1. The summed E-state index contributed by atoms with van der Waals surface area (Å²) in [7, 11) is 0. The second kappa shape index (κ2) is 6.91. The summed E-state index contributed by atoms with van der Waals surface area (Å²) in [6.45, 7) is 5.14. The van der Waals surface area contributed by atoms with Gasteiger partial charge in [0, 0.05) is 17.0 Å². The molecule has 2 rings (SSSR count). The van der Waals surface area contributed by atoms with E-state index >= 15 is 0 Å². The highest BCUT2D eigenvalue weighted by molar-refractivity contribution is 7.09. The first-order valence-corrected chi connectivity index (χ1v) is 7.66. The fourth-order valence-corrected chi connectivity index (χ4v) is 2.91. The zero-order valence-corrected chi connectivity index (χ0v) is 12.8. The molecule has 21 heavy (non-hydrogen) atoms. The van der Waals surface area contributed by atoms with E-state index in [9.17, 15) is 13.6 Å². The molecule has 1 unspecified atom stereocenters. The van der Waals surface area contributed by atoms with Crippen molar-refractivity contribution < 1.29 is 13.6 Å². The lowest BCUT2D eigenvalue weighted by molar-refractivity contribution is 0.0836. The molecule has 0 aliphatic rings. The van der Waals surface area contributed by atoms with Crippen molar-refractivity contribution in [2.24, 2.45) is 0 Å². The van der Waals surface area contributed by atoms with Crippen LogP contribution in [0.4, 0.5) is 8.78 Å². The first-order chi connectivity index (χ1) is 10.0. The third-order valence-electron chi connectivity index (χ3n) is 3.48. The van der Waals surface area contributed by atoms with Gasteiger partial charge >= 0.3 is 0 Å². The lowest BCUT2D eigenvalue weighted by Crippen LogP contribution is -2.38. The van der Waals surface area contributed by atoms with Gasteiger partial charge in [-0.25, -0.2) is 8.78 Å². The van der Waals surface area contributed by atoms with Gasteiger partial charge in [-0.3, -0.25) is 9.69 Å². The summed E-state index contributed by atoms with van der Waals surface area (Å²) >= 11 is 1.63. The molecule has 0 N–H and O–H groups in total. The van der Waals surface area contributed by atoms with Gasteiger partial charge < -0.3 is 0 Å². The Labute approximate surface area is 127 Å². The molecule has 1 heterocycles. The SMILES string of the molecule is CCN(Cc1cccs1)C(C)C(=O)c1ccc(F)c(F)c1. The maximum Gasteiger partial charge on any atom is 0.179 e. The zero-order valence-electron chi connectivity index (χ0n) is 12.0. The third kappa shape index (κ3) is 3.74. The maximum atomic E-state index is 13.3. The highest BCUT2D eigenvalue weighted by Crippen LogP contribution is 2.17. The van der Waals surface area contributed by atoms with Crippen LogP contribution in [0, 0.1) is 11.6 Å². The van der Waals surface area contributed by atoms with Gasteiger partial charge in [-0.05, 0) is 43.1 Å². The lowest BCUT2D eigenvalue weighted by atomic mass is 10.0. The number of nitrogens with zero attached hydrogens (tertiary/aromatic N) is 1. The Kier molecular flexibility index (Phi) is 5.20. The Morgan fingerprint density at radius 2 is 2.05 bits per heavy atom. The summed E-state index contributed by atoms with van der Waals surface area (Å²) in [5, 5.41) is 1.99. The van der Waals surface area contributed by atoms with Crippen LogP contribution in [0.5, 0.6) is 0 Å². The van der Waals surface area contributed by atoms with Crippen molar-refractivity contribution in [1.29, 1.82) is 0 Å². The predicted octanol–water partition coefficient (Wildman–Crippen LogP) is 4.12. The van der Waals surface area contributed by atoms with Crippen molar-refractivity contribution in [1.82, 2.24) is 4.90 Å². The second-order valence-electron chi connectivity index (χ2n) is 4.81. The lowest BCUT2D eigenvalue weighted by Gasteiger charge is -2.26. The molecule has 1 atom stereocenters. The van der Waals surface area contributed by atoms with E-state index in [2.05, 4.69) is 0 Å². The molecule has 1 aromatic heterocycles. The molecule has 0 aliphatic heterocycles. The molecule has 112 valence electrons.